The van der Waals surface area contributed by atoms with Gasteiger partial charge in [0.1, 0.15) is 5.84 Å². The Balaban J connectivity index is 1.34. The highest BCUT2D eigenvalue weighted by Crippen LogP contribution is 2.39. The van der Waals surface area contributed by atoms with Crippen LogP contribution in [0.5, 0.6) is 0 Å². The minimum Gasteiger partial charge on any atom is -0.392 e. The summed E-state index contributed by atoms with van der Waals surface area (Å²) in [6.45, 7) is 4.12. The van der Waals surface area contributed by atoms with E-state index in [9.17, 15) is 10.2 Å². The summed E-state index contributed by atoms with van der Waals surface area (Å²) in [5.41, 5.74) is 2.10. The predicted molar refractivity (Wildman–Crippen MR) is 114 cm³/mol. The highest BCUT2D eigenvalue weighted by Gasteiger charge is 2.37. The van der Waals surface area contributed by atoms with Crippen LogP contribution in [0.3, 0.4) is 0 Å². The largest absolute Gasteiger partial charge is 0.392 e. The lowest BCUT2D eigenvalue weighted by Crippen LogP contribution is -2.38. The molecule has 5 rings (SSSR count). The number of rotatable bonds is 4. The summed E-state index contributed by atoms with van der Waals surface area (Å²) >= 11 is 0. The molecule has 3 atom stereocenters. The van der Waals surface area contributed by atoms with Gasteiger partial charge in [-0.2, -0.15) is 4.99 Å². The maximum Gasteiger partial charge on any atom is 0.225 e. The van der Waals surface area contributed by atoms with E-state index in [4.69, 9.17) is 4.99 Å². The zero-order valence-electron chi connectivity index (χ0n) is 16.7. The molecule has 5 heterocycles. The van der Waals surface area contributed by atoms with Crippen LogP contribution in [0.2, 0.25) is 0 Å². The van der Waals surface area contributed by atoms with Gasteiger partial charge in [0.15, 0.2) is 11.6 Å². The lowest BCUT2D eigenvalue weighted by Gasteiger charge is -2.25. The molecule has 2 aromatic heterocycles. The molecule has 3 N–H and O–H groups in total. The molecule has 1 saturated heterocycles. The summed E-state index contributed by atoms with van der Waals surface area (Å²) in [6.07, 6.45) is 3.53. The quantitative estimate of drug-likeness (QED) is 0.673. The first kappa shape index (κ1) is 18.9. The lowest BCUT2D eigenvalue weighted by molar-refractivity contribution is 0.198. The third-order valence-corrected chi connectivity index (χ3v) is 5.56. The summed E-state index contributed by atoms with van der Waals surface area (Å²) < 4.78 is 0. The second kappa shape index (κ2) is 7.62. The van der Waals surface area contributed by atoms with Gasteiger partial charge in [-0.1, -0.05) is 0 Å². The Morgan fingerprint density at radius 3 is 2.90 bits per heavy atom. The van der Waals surface area contributed by atoms with E-state index < -0.39 is 6.10 Å². The molecule has 1 fully saturated rings. The summed E-state index contributed by atoms with van der Waals surface area (Å²) in [6, 6.07) is 5.71. The Hall–Kier alpha value is -3.11. The molecule has 2 aromatic rings. The second-order valence-electron chi connectivity index (χ2n) is 7.87. The van der Waals surface area contributed by atoms with E-state index in [0.29, 0.717) is 31.4 Å². The molecule has 10 nitrogen and oxygen atoms in total. The standard InChI is InChI=1S/C20H24N8O2/c1-12(29)10-28-16-9-21-6-4-14(16)15-8-22-20(24-19(15)28)23-17-2-3-18(26-25-17)27-7-5-13(30)11-27/h2-4,6,9,12-13,15,29-30H,5,7-8,10-11H2,1H3,(H,22,23,25)/t12-,13-,15?/m1/s1. The summed E-state index contributed by atoms with van der Waals surface area (Å²) in [4.78, 5) is 17.6. The minimum atomic E-state index is -0.503. The molecule has 156 valence electrons. The van der Waals surface area contributed by atoms with Crippen molar-refractivity contribution in [3.05, 3.63) is 36.2 Å². The molecule has 30 heavy (non-hydrogen) atoms. The van der Waals surface area contributed by atoms with Crippen LogP contribution in [0, 0.1) is 0 Å². The van der Waals surface area contributed by atoms with Crippen LogP contribution in [-0.4, -0.2) is 75.6 Å². The second-order valence-corrected chi connectivity index (χ2v) is 7.87. The minimum absolute atomic E-state index is 0.0577. The SMILES string of the molecule is C[C@@H](O)CN1C2=NC(Nc3ccc(N4CC[C@@H](O)C4)nn3)=NCC2c2ccncc21. The molecule has 0 amide bonds. The van der Waals surface area contributed by atoms with Crippen molar-refractivity contribution in [2.24, 2.45) is 9.98 Å². The Morgan fingerprint density at radius 1 is 1.27 bits per heavy atom. The number of guanidine groups is 1. The number of aliphatic hydroxyl groups excluding tert-OH is 2. The first-order valence-corrected chi connectivity index (χ1v) is 10.1. The van der Waals surface area contributed by atoms with Gasteiger partial charge < -0.3 is 25.3 Å². The van der Waals surface area contributed by atoms with Crippen molar-refractivity contribution < 1.29 is 10.2 Å². The Kier molecular flexibility index (Phi) is 4.80. The molecule has 0 bridgehead atoms. The van der Waals surface area contributed by atoms with Crippen LogP contribution in [0.25, 0.3) is 0 Å². The first-order valence-electron chi connectivity index (χ1n) is 10.1. The fourth-order valence-corrected chi connectivity index (χ4v) is 4.16. The molecule has 0 aromatic carbocycles. The van der Waals surface area contributed by atoms with Crippen molar-refractivity contribution >= 4 is 29.1 Å². The highest BCUT2D eigenvalue weighted by atomic mass is 16.3. The van der Waals surface area contributed by atoms with Crippen LogP contribution in [0.1, 0.15) is 24.8 Å². The van der Waals surface area contributed by atoms with Crippen LogP contribution < -0.4 is 15.1 Å². The fourth-order valence-electron chi connectivity index (χ4n) is 4.16. The Bertz CT molecular complexity index is 991. The monoisotopic (exact) mass is 408 g/mol. The van der Waals surface area contributed by atoms with E-state index in [1.807, 2.05) is 34.2 Å². The van der Waals surface area contributed by atoms with Crippen LogP contribution >= 0.6 is 0 Å². The van der Waals surface area contributed by atoms with Crippen molar-refractivity contribution in [2.45, 2.75) is 31.5 Å². The smallest absolute Gasteiger partial charge is 0.225 e. The zero-order valence-corrected chi connectivity index (χ0v) is 16.7. The van der Waals surface area contributed by atoms with Gasteiger partial charge in [0.05, 0.1) is 43.1 Å². The zero-order chi connectivity index (χ0) is 20.7. The number of anilines is 3. The third-order valence-electron chi connectivity index (χ3n) is 5.56. The van der Waals surface area contributed by atoms with E-state index in [0.717, 1.165) is 35.9 Å². The number of amidine groups is 1. The summed E-state index contributed by atoms with van der Waals surface area (Å²) in [5.74, 6) is 2.68. The number of nitrogens with zero attached hydrogens (tertiary/aromatic N) is 7. The molecule has 3 aliphatic rings. The summed E-state index contributed by atoms with van der Waals surface area (Å²) in [5, 5.41) is 31.3. The average Bonchev–Trinajstić information content (AvgIpc) is 3.30. The first-order chi connectivity index (χ1) is 14.6. The van der Waals surface area contributed by atoms with Gasteiger partial charge in [-0.15, -0.1) is 10.2 Å². The van der Waals surface area contributed by atoms with E-state index >= 15 is 0 Å². The molecule has 0 radical (unpaired) electrons. The number of hydrogen-bond acceptors (Lipinski definition) is 10. The van der Waals surface area contributed by atoms with Gasteiger partial charge in [0, 0.05) is 19.3 Å². The van der Waals surface area contributed by atoms with Crippen LogP contribution in [0.4, 0.5) is 17.3 Å². The topological polar surface area (TPSA) is 122 Å². The Morgan fingerprint density at radius 2 is 2.17 bits per heavy atom. The maximum atomic E-state index is 9.96. The van der Waals surface area contributed by atoms with Gasteiger partial charge in [-0.3, -0.25) is 4.98 Å². The molecular formula is C20H24N8O2. The highest BCUT2D eigenvalue weighted by molar-refractivity contribution is 6.15. The third kappa shape index (κ3) is 3.48. The Labute approximate surface area is 174 Å². The number of hydrogen-bond donors (Lipinski definition) is 3. The van der Waals surface area contributed by atoms with E-state index in [1.165, 1.54) is 0 Å². The molecule has 1 unspecified atom stereocenters. The van der Waals surface area contributed by atoms with Crippen molar-refractivity contribution in [3.63, 3.8) is 0 Å². The van der Waals surface area contributed by atoms with Crippen molar-refractivity contribution in [1.29, 1.82) is 0 Å². The number of fused-ring (bicyclic) bond motifs is 3. The predicted octanol–water partition coefficient (Wildman–Crippen LogP) is 0.607. The normalized spacial score (nSPS) is 23.6. The van der Waals surface area contributed by atoms with Crippen LogP contribution in [-0.2, 0) is 0 Å². The number of β-amino-alcohol motifs (C(OH)–C–C–N with tert-alkyl or cyclic N) is 2. The number of nitrogens with one attached hydrogen (secondary N) is 1. The molecular weight excluding hydrogens is 384 g/mol. The van der Waals surface area contributed by atoms with Gasteiger partial charge in [0.25, 0.3) is 0 Å². The van der Waals surface area contributed by atoms with Gasteiger partial charge in [-0.05, 0) is 37.1 Å². The molecule has 10 heteroatoms. The number of aliphatic hydroxyl groups is 2. The molecule has 0 spiro atoms. The number of aromatic nitrogens is 3. The van der Waals surface area contributed by atoms with Crippen molar-refractivity contribution in [1.82, 2.24) is 15.2 Å². The summed E-state index contributed by atoms with van der Waals surface area (Å²) in [7, 11) is 0. The van der Waals surface area contributed by atoms with Crippen LogP contribution in [0.15, 0.2) is 40.6 Å². The fraction of sp³-hybridized carbons (Fsp3) is 0.450. The maximum absolute atomic E-state index is 9.96. The van der Waals surface area contributed by atoms with E-state index in [1.54, 1.807) is 13.1 Å². The van der Waals surface area contributed by atoms with Crippen molar-refractivity contribution in [3.8, 4) is 0 Å². The lowest BCUT2D eigenvalue weighted by atomic mass is 10.0. The number of pyridine rings is 1. The van der Waals surface area contributed by atoms with E-state index in [2.05, 4.69) is 25.5 Å². The van der Waals surface area contributed by atoms with Gasteiger partial charge in [-0.25, -0.2) is 4.99 Å². The molecule has 0 aliphatic carbocycles. The van der Waals surface area contributed by atoms with Gasteiger partial charge in [0.2, 0.25) is 5.96 Å². The average molecular weight is 408 g/mol. The van der Waals surface area contributed by atoms with E-state index in [-0.39, 0.29) is 12.0 Å². The number of aliphatic imine (C=N–C) groups is 2. The van der Waals surface area contributed by atoms with Gasteiger partial charge >= 0.3 is 0 Å². The van der Waals surface area contributed by atoms with Crippen molar-refractivity contribution in [2.75, 3.05) is 41.3 Å². The molecule has 3 aliphatic heterocycles. The molecule has 0 saturated carbocycles.